The fourth-order valence-electron chi connectivity index (χ4n) is 4.85. The van der Waals surface area contributed by atoms with Crippen LogP contribution in [0.2, 0.25) is 0 Å². The van der Waals surface area contributed by atoms with E-state index in [1.807, 2.05) is 0 Å². The van der Waals surface area contributed by atoms with Gasteiger partial charge in [0.2, 0.25) is 0 Å². The minimum atomic E-state index is -3.72. The molecule has 4 aromatic rings. The molecule has 5 rings (SSSR count). The SMILES string of the molecule is Cc1cc[c]([Sn]([c]2ccc(C)cc2)([c]2ccc(C)cc2)[c]2ccsc2C2=NC(C)(C)CO2)cc1. The Labute approximate surface area is 211 Å². The van der Waals surface area contributed by atoms with Gasteiger partial charge in [-0.25, -0.2) is 0 Å². The Hall–Kier alpha value is -2.37. The van der Waals surface area contributed by atoms with E-state index in [4.69, 9.17) is 9.73 Å². The Morgan fingerprint density at radius 1 is 0.706 bits per heavy atom. The molecule has 0 saturated heterocycles. The second kappa shape index (κ2) is 9.01. The molecule has 0 fully saturated rings. The molecule has 0 atom stereocenters. The minimum absolute atomic E-state index is 0.188. The molecule has 172 valence electrons. The van der Waals surface area contributed by atoms with E-state index in [2.05, 4.69) is 119 Å². The molecule has 0 N–H and O–H groups in total. The van der Waals surface area contributed by atoms with Crippen LogP contribution in [0.15, 0.2) is 89.2 Å². The Morgan fingerprint density at radius 3 is 1.53 bits per heavy atom. The number of nitrogens with zero attached hydrogens (tertiary/aromatic N) is 1. The zero-order chi connectivity index (χ0) is 23.9. The predicted octanol–water partition coefficient (Wildman–Crippen LogP) is 4.61. The van der Waals surface area contributed by atoms with Crippen LogP contribution in [-0.2, 0) is 4.74 Å². The molecule has 0 aliphatic carbocycles. The number of hydrogen-bond acceptors (Lipinski definition) is 3. The third kappa shape index (κ3) is 4.14. The van der Waals surface area contributed by atoms with Gasteiger partial charge in [0.25, 0.3) is 0 Å². The topological polar surface area (TPSA) is 21.6 Å². The van der Waals surface area contributed by atoms with Gasteiger partial charge in [-0.05, 0) is 0 Å². The zero-order valence-corrected chi connectivity index (χ0v) is 24.2. The summed E-state index contributed by atoms with van der Waals surface area (Å²) in [6.07, 6.45) is 0. The van der Waals surface area contributed by atoms with Crippen molar-refractivity contribution in [3.63, 3.8) is 0 Å². The van der Waals surface area contributed by atoms with Crippen LogP contribution in [0.3, 0.4) is 0 Å². The average Bonchev–Trinajstić information content (AvgIpc) is 3.44. The summed E-state index contributed by atoms with van der Waals surface area (Å²) >= 11 is -1.95. The van der Waals surface area contributed by atoms with Crippen molar-refractivity contribution in [3.05, 3.63) is 106 Å². The summed E-state index contributed by atoms with van der Waals surface area (Å²) in [5, 5.41) is 2.23. The molecule has 2 heterocycles. The van der Waals surface area contributed by atoms with Gasteiger partial charge in [0, 0.05) is 0 Å². The van der Waals surface area contributed by atoms with E-state index in [9.17, 15) is 0 Å². The van der Waals surface area contributed by atoms with Crippen LogP contribution in [0.4, 0.5) is 0 Å². The Balaban J connectivity index is 1.87. The normalized spacial score (nSPS) is 15.1. The molecule has 0 spiro atoms. The molecule has 2 nitrogen and oxygen atoms in total. The summed E-state index contributed by atoms with van der Waals surface area (Å²) in [5.41, 5.74) is 3.67. The van der Waals surface area contributed by atoms with E-state index in [0.717, 1.165) is 5.90 Å². The summed E-state index contributed by atoms with van der Waals surface area (Å²) in [6, 6.07) is 30.2. The fourth-order valence-corrected chi connectivity index (χ4v) is 20.9. The molecule has 1 aliphatic heterocycles. The summed E-state index contributed by atoms with van der Waals surface area (Å²) < 4.78 is 12.0. The van der Waals surface area contributed by atoms with Crippen LogP contribution in [-0.4, -0.2) is 36.4 Å². The first kappa shape index (κ1) is 23.4. The van der Waals surface area contributed by atoms with Crippen LogP contribution in [0, 0.1) is 20.8 Å². The molecule has 0 unspecified atom stereocenters. The second-order valence-corrected chi connectivity index (χ2v) is 21.7. The van der Waals surface area contributed by atoms with E-state index < -0.39 is 18.4 Å². The Morgan fingerprint density at radius 2 is 1.15 bits per heavy atom. The molecular formula is C30H31NOSSn. The number of rotatable bonds is 5. The van der Waals surface area contributed by atoms with E-state index in [1.54, 1.807) is 11.3 Å². The van der Waals surface area contributed by atoms with Crippen LogP contribution in [0.5, 0.6) is 0 Å². The maximum absolute atomic E-state index is 6.21. The fraction of sp³-hybridized carbons (Fsp3) is 0.233. The predicted molar refractivity (Wildman–Crippen MR) is 149 cm³/mol. The molecule has 1 aliphatic rings. The van der Waals surface area contributed by atoms with Gasteiger partial charge in [-0.2, -0.15) is 0 Å². The van der Waals surface area contributed by atoms with Gasteiger partial charge in [-0.3, -0.25) is 0 Å². The van der Waals surface area contributed by atoms with Crippen molar-refractivity contribution in [1.82, 2.24) is 0 Å². The average molecular weight is 572 g/mol. The van der Waals surface area contributed by atoms with E-state index in [0.29, 0.717) is 6.61 Å². The molecule has 0 saturated carbocycles. The van der Waals surface area contributed by atoms with Crippen LogP contribution in [0.25, 0.3) is 0 Å². The van der Waals surface area contributed by atoms with Gasteiger partial charge in [0.05, 0.1) is 0 Å². The van der Waals surface area contributed by atoms with Gasteiger partial charge in [-0.1, -0.05) is 0 Å². The first-order valence-electron chi connectivity index (χ1n) is 11.8. The Bertz CT molecular complexity index is 1220. The van der Waals surface area contributed by atoms with Crippen molar-refractivity contribution in [2.75, 3.05) is 6.61 Å². The number of ether oxygens (including phenoxy) is 1. The summed E-state index contributed by atoms with van der Waals surface area (Å²) in [5.74, 6) is 0.808. The zero-order valence-electron chi connectivity index (χ0n) is 20.6. The molecular weight excluding hydrogens is 541 g/mol. The van der Waals surface area contributed by atoms with Crippen molar-refractivity contribution >= 4 is 49.9 Å². The quantitative estimate of drug-likeness (QED) is 0.321. The summed E-state index contributed by atoms with van der Waals surface area (Å²) in [6.45, 7) is 11.4. The first-order valence-corrected chi connectivity index (χ1v) is 18.4. The third-order valence-electron chi connectivity index (χ3n) is 6.68. The molecule has 4 heteroatoms. The van der Waals surface area contributed by atoms with E-state index >= 15 is 0 Å². The van der Waals surface area contributed by atoms with E-state index in [-0.39, 0.29) is 5.54 Å². The van der Waals surface area contributed by atoms with Gasteiger partial charge >= 0.3 is 212 Å². The van der Waals surface area contributed by atoms with Crippen LogP contribution >= 0.6 is 11.3 Å². The van der Waals surface area contributed by atoms with Crippen molar-refractivity contribution < 1.29 is 4.74 Å². The van der Waals surface area contributed by atoms with Gasteiger partial charge in [0.15, 0.2) is 0 Å². The van der Waals surface area contributed by atoms with Crippen molar-refractivity contribution in [3.8, 4) is 0 Å². The van der Waals surface area contributed by atoms with Crippen LogP contribution in [0.1, 0.15) is 35.4 Å². The van der Waals surface area contributed by atoms with Crippen LogP contribution < -0.4 is 14.3 Å². The molecule has 0 radical (unpaired) electrons. The number of aliphatic imine (C=N–C) groups is 1. The Kier molecular flexibility index (Phi) is 6.19. The number of benzene rings is 3. The van der Waals surface area contributed by atoms with Crippen molar-refractivity contribution in [2.24, 2.45) is 4.99 Å². The van der Waals surface area contributed by atoms with Gasteiger partial charge < -0.3 is 0 Å². The number of hydrogen-bond donors (Lipinski definition) is 0. The maximum atomic E-state index is 6.21. The van der Waals surface area contributed by atoms with Gasteiger partial charge in [0.1, 0.15) is 0 Å². The van der Waals surface area contributed by atoms with Gasteiger partial charge in [-0.15, -0.1) is 0 Å². The summed E-state index contributed by atoms with van der Waals surface area (Å²) in [7, 11) is 0. The van der Waals surface area contributed by atoms with E-state index in [1.165, 1.54) is 35.9 Å². The standard InChI is InChI=1S/C9H10NOS.3C7H7.Sn/c1-9(2)6-11-8(10-9)7-4-3-5-12-7;3*1-7-5-3-2-4-6-7;/h3,5H,6H2,1-2H3;3*3-6H,1H3;. The molecule has 1 aromatic heterocycles. The monoisotopic (exact) mass is 573 g/mol. The molecule has 3 aromatic carbocycles. The molecule has 34 heavy (non-hydrogen) atoms. The molecule has 0 bridgehead atoms. The number of aryl methyl sites for hydroxylation is 3. The second-order valence-electron chi connectivity index (χ2n) is 10.0. The third-order valence-corrected chi connectivity index (χ3v) is 21.9. The van der Waals surface area contributed by atoms with Crippen molar-refractivity contribution in [1.29, 1.82) is 0 Å². The number of thiophene rings is 1. The van der Waals surface area contributed by atoms with Crippen molar-refractivity contribution in [2.45, 2.75) is 40.2 Å². The first-order chi connectivity index (χ1) is 16.3. The summed E-state index contributed by atoms with van der Waals surface area (Å²) in [4.78, 5) is 6.20. The molecule has 0 amide bonds.